The van der Waals surface area contributed by atoms with Crippen molar-refractivity contribution in [2.75, 3.05) is 0 Å². The van der Waals surface area contributed by atoms with Crippen LogP contribution in [0.2, 0.25) is 0 Å². The summed E-state index contributed by atoms with van der Waals surface area (Å²) in [7, 11) is 2.44. The minimum atomic E-state index is 0.250. The quantitative estimate of drug-likeness (QED) is 0.410. The standard InChI is InChI=1S/C2H8NP/c1-2(3)4/h2H,3-4H2,1H3/t2-/m0/s1. The van der Waals surface area contributed by atoms with Gasteiger partial charge in [0.2, 0.25) is 0 Å². The highest BCUT2D eigenvalue weighted by atomic mass is 31.0. The zero-order chi connectivity index (χ0) is 3.58. The Morgan fingerprint density at radius 2 is 2.00 bits per heavy atom. The Labute approximate surface area is 28.8 Å². The first-order chi connectivity index (χ1) is 1.73. The fourth-order valence-electron chi connectivity index (χ4n) is 0. The lowest BCUT2D eigenvalue weighted by atomic mass is 10.8. The molecule has 1 nitrogen and oxygen atoms in total. The first kappa shape index (κ1) is 4.39. The van der Waals surface area contributed by atoms with Gasteiger partial charge in [0.05, 0.1) is 0 Å². The highest BCUT2D eigenvalue weighted by Crippen LogP contribution is 1.81. The highest BCUT2D eigenvalue weighted by molar-refractivity contribution is 7.17. The maximum atomic E-state index is 5.07. The lowest BCUT2D eigenvalue weighted by molar-refractivity contribution is 1.05. The average Bonchev–Trinajstić information content (AvgIpc) is 0.811. The predicted molar refractivity (Wildman–Crippen MR) is 23.4 cm³/mol. The Hall–Kier alpha value is 0.390. The van der Waals surface area contributed by atoms with Crippen molar-refractivity contribution in [3.05, 3.63) is 0 Å². The molecule has 2 atom stereocenters. The van der Waals surface area contributed by atoms with Crippen LogP contribution in [-0.4, -0.2) is 5.78 Å². The molecule has 0 amide bonds. The van der Waals surface area contributed by atoms with Gasteiger partial charge in [0, 0.05) is 5.78 Å². The third kappa shape index (κ3) is 30.4. The first-order valence-electron chi connectivity index (χ1n) is 1.24. The summed E-state index contributed by atoms with van der Waals surface area (Å²) >= 11 is 0. The van der Waals surface area contributed by atoms with Gasteiger partial charge in [0.1, 0.15) is 0 Å². The van der Waals surface area contributed by atoms with Crippen LogP contribution in [0.25, 0.3) is 0 Å². The van der Waals surface area contributed by atoms with E-state index in [4.69, 9.17) is 5.73 Å². The van der Waals surface area contributed by atoms with Crippen LogP contribution in [0.5, 0.6) is 0 Å². The van der Waals surface area contributed by atoms with Gasteiger partial charge in [-0.15, -0.1) is 9.24 Å². The molecule has 0 saturated carbocycles. The Morgan fingerprint density at radius 3 is 2.00 bits per heavy atom. The number of hydrogen-bond donors (Lipinski definition) is 1. The van der Waals surface area contributed by atoms with Crippen LogP contribution < -0.4 is 5.73 Å². The van der Waals surface area contributed by atoms with E-state index in [1.54, 1.807) is 0 Å². The third-order valence-corrected chi connectivity index (χ3v) is 0. The van der Waals surface area contributed by atoms with Crippen LogP contribution in [0.4, 0.5) is 0 Å². The molecule has 2 N–H and O–H groups in total. The van der Waals surface area contributed by atoms with E-state index < -0.39 is 0 Å². The molecule has 0 saturated heterocycles. The smallest absolute Gasteiger partial charge is 0.0156 e. The fraction of sp³-hybridized carbons (Fsp3) is 1.00. The van der Waals surface area contributed by atoms with Gasteiger partial charge in [-0.05, 0) is 6.92 Å². The molecule has 0 fully saturated rings. The van der Waals surface area contributed by atoms with E-state index >= 15 is 0 Å². The van der Waals surface area contributed by atoms with Gasteiger partial charge < -0.3 is 5.73 Å². The predicted octanol–water partition coefficient (Wildman–Crippen LogP) is 0.166. The van der Waals surface area contributed by atoms with Crippen molar-refractivity contribution in [3.8, 4) is 0 Å². The Bertz CT molecular complexity index is 10.8. The normalized spacial score (nSPS) is 15.8. The van der Waals surface area contributed by atoms with Crippen LogP contribution in [0.15, 0.2) is 0 Å². The zero-order valence-corrected chi connectivity index (χ0v) is 3.89. The van der Waals surface area contributed by atoms with Gasteiger partial charge in [-0.1, -0.05) is 0 Å². The fourth-order valence-corrected chi connectivity index (χ4v) is 0. The molecule has 26 valence electrons. The van der Waals surface area contributed by atoms with Gasteiger partial charge in [0.15, 0.2) is 0 Å². The maximum absolute atomic E-state index is 5.07. The molecule has 0 spiro atoms. The minimum Gasteiger partial charge on any atom is -0.325 e. The van der Waals surface area contributed by atoms with E-state index in [0.29, 0.717) is 0 Å². The number of hydrogen-bond acceptors (Lipinski definition) is 1. The maximum Gasteiger partial charge on any atom is 0.0156 e. The van der Waals surface area contributed by atoms with Crippen molar-refractivity contribution < 1.29 is 0 Å². The van der Waals surface area contributed by atoms with Crippen molar-refractivity contribution >= 4 is 9.24 Å². The van der Waals surface area contributed by atoms with Gasteiger partial charge in [0.25, 0.3) is 0 Å². The van der Waals surface area contributed by atoms with Crippen LogP contribution in [0.1, 0.15) is 6.92 Å². The van der Waals surface area contributed by atoms with Crippen LogP contribution >= 0.6 is 9.24 Å². The van der Waals surface area contributed by atoms with E-state index in [-0.39, 0.29) is 5.78 Å². The largest absolute Gasteiger partial charge is 0.325 e. The Morgan fingerprint density at radius 1 is 2.00 bits per heavy atom. The van der Waals surface area contributed by atoms with Gasteiger partial charge in [-0.2, -0.15) is 0 Å². The molecule has 0 aliphatic heterocycles. The zero-order valence-electron chi connectivity index (χ0n) is 2.73. The molecule has 1 unspecified atom stereocenters. The first-order valence-corrected chi connectivity index (χ1v) is 1.91. The monoisotopic (exact) mass is 77.0 g/mol. The summed E-state index contributed by atoms with van der Waals surface area (Å²) in [6.45, 7) is 1.91. The van der Waals surface area contributed by atoms with E-state index in [1.165, 1.54) is 0 Å². The lowest BCUT2D eigenvalue weighted by Crippen LogP contribution is -2.02. The molecule has 0 aromatic rings. The van der Waals surface area contributed by atoms with Gasteiger partial charge >= 0.3 is 0 Å². The Kier molecular flexibility index (Phi) is 1.85. The van der Waals surface area contributed by atoms with Crippen LogP contribution in [0, 0.1) is 0 Å². The lowest BCUT2D eigenvalue weighted by Gasteiger charge is -1.81. The van der Waals surface area contributed by atoms with E-state index in [1.807, 2.05) is 6.92 Å². The van der Waals surface area contributed by atoms with E-state index in [9.17, 15) is 0 Å². The SMILES string of the molecule is C[C@@H](N)P. The summed E-state index contributed by atoms with van der Waals surface area (Å²) in [5.41, 5.74) is 5.07. The number of rotatable bonds is 0. The molecule has 0 bridgehead atoms. The summed E-state index contributed by atoms with van der Waals surface area (Å²) in [6, 6.07) is 0. The molecule has 0 aliphatic carbocycles. The van der Waals surface area contributed by atoms with Crippen molar-refractivity contribution in [1.82, 2.24) is 0 Å². The molecule has 0 aromatic carbocycles. The second-order valence-electron chi connectivity index (χ2n) is 0.859. The Balaban J connectivity index is 2.32. The van der Waals surface area contributed by atoms with E-state index in [0.717, 1.165) is 0 Å². The molecule has 0 heterocycles. The van der Waals surface area contributed by atoms with Crippen LogP contribution in [-0.2, 0) is 0 Å². The summed E-state index contributed by atoms with van der Waals surface area (Å²) in [5, 5.41) is 0. The molecular formula is C2H8NP. The summed E-state index contributed by atoms with van der Waals surface area (Å²) in [4.78, 5) is 0. The van der Waals surface area contributed by atoms with Crippen molar-refractivity contribution in [3.63, 3.8) is 0 Å². The van der Waals surface area contributed by atoms with Crippen molar-refractivity contribution in [2.45, 2.75) is 12.7 Å². The van der Waals surface area contributed by atoms with Crippen LogP contribution in [0.3, 0.4) is 0 Å². The summed E-state index contributed by atoms with van der Waals surface area (Å²) in [5.74, 6) is 0.250. The molecule has 0 aliphatic rings. The molecular weight excluding hydrogens is 69.0 g/mol. The molecule has 0 radical (unpaired) electrons. The molecule has 2 heteroatoms. The molecule has 4 heavy (non-hydrogen) atoms. The highest BCUT2D eigenvalue weighted by Gasteiger charge is 1.66. The topological polar surface area (TPSA) is 26.0 Å². The summed E-state index contributed by atoms with van der Waals surface area (Å²) < 4.78 is 0. The summed E-state index contributed by atoms with van der Waals surface area (Å²) in [6.07, 6.45) is 0. The minimum absolute atomic E-state index is 0.250. The second-order valence-corrected chi connectivity index (χ2v) is 1.91. The van der Waals surface area contributed by atoms with E-state index in [2.05, 4.69) is 9.24 Å². The molecule has 0 rings (SSSR count). The van der Waals surface area contributed by atoms with Crippen molar-refractivity contribution in [2.24, 2.45) is 5.73 Å². The molecule has 0 aromatic heterocycles. The number of nitrogens with two attached hydrogens (primary N) is 1. The average molecular weight is 77.1 g/mol. The van der Waals surface area contributed by atoms with Gasteiger partial charge in [-0.25, -0.2) is 0 Å². The second kappa shape index (κ2) is 1.68. The van der Waals surface area contributed by atoms with Crippen molar-refractivity contribution in [1.29, 1.82) is 0 Å². The third-order valence-electron chi connectivity index (χ3n) is 0. The van der Waals surface area contributed by atoms with Gasteiger partial charge in [-0.3, -0.25) is 0 Å².